The molecule has 2 rings (SSSR count). The highest BCUT2D eigenvalue weighted by molar-refractivity contribution is 5.96. The lowest BCUT2D eigenvalue weighted by atomic mass is 10.1. The maximum absolute atomic E-state index is 12.0. The molecule has 0 saturated heterocycles. The molecule has 2 aromatic rings. The molecule has 20 heavy (non-hydrogen) atoms. The number of carbonyl (C=O) groups is 1. The van der Waals surface area contributed by atoms with Crippen molar-refractivity contribution in [1.82, 2.24) is 4.98 Å². The summed E-state index contributed by atoms with van der Waals surface area (Å²) in [5, 5.41) is 0. The van der Waals surface area contributed by atoms with Crippen molar-refractivity contribution in [3.8, 4) is 11.5 Å². The molecule has 0 fully saturated rings. The van der Waals surface area contributed by atoms with Crippen molar-refractivity contribution < 1.29 is 14.3 Å². The first-order valence-electron chi connectivity index (χ1n) is 6.41. The second-order valence-corrected chi connectivity index (χ2v) is 4.45. The molecule has 1 aromatic heterocycles. The maximum atomic E-state index is 12.0. The molecule has 0 radical (unpaired) electrons. The predicted octanol–water partition coefficient (Wildman–Crippen LogP) is 3.05. The quantitative estimate of drug-likeness (QED) is 0.758. The molecule has 0 aliphatic heterocycles. The minimum absolute atomic E-state index is 0.0101. The van der Waals surface area contributed by atoms with E-state index in [1.54, 1.807) is 19.4 Å². The van der Waals surface area contributed by atoms with E-state index in [0.29, 0.717) is 24.3 Å². The second-order valence-electron chi connectivity index (χ2n) is 4.45. The second kappa shape index (κ2) is 6.70. The molecular weight excluding hydrogens is 254 g/mol. The van der Waals surface area contributed by atoms with Crippen LogP contribution in [0.3, 0.4) is 0 Å². The monoisotopic (exact) mass is 271 g/mol. The van der Waals surface area contributed by atoms with Crippen LogP contribution >= 0.6 is 0 Å². The van der Waals surface area contributed by atoms with Crippen LogP contribution in [0.2, 0.25) is 0 Å². The van der Waals surface area contributed by atoms with E-state index in [0.717, 1.165) is 11.3 Å². The van der Waals surface area contributed by atoms with E-state index < -0.39 is 0 Å². The Labute approximate surface area is 118 Å². The Kier molecular flexibility index (Phi) is 4.71. The van der Waals surface area contributed by atoms with Gasteiger partial charge in [-0.2, -0.15) is 0 Å². The van der Waals surface area contributed by atoms with E-state index in [-0.39, 0.29) is 5.78 Å². The number of ketones is 1. The van der Waals surface area contributed by atoms with Crippen LogP contribution in [-0.4, -0.2) is 24.5 Å². The van der Waals surface area contributed by atoms with Crippen LogP contribution < -0.4 is 9.47 Å². The van der Waals surface area contributed by atoms with Gasteiger partial charge in [-0.25, -0.2) is 0 Å². The first-order valence-corrected chi connectivity index (χ1v) is 6.41. The molecule has 0 amide bonds. The Morgan fingerprint density at radius 2 is 2.05 bits per heavy atom. The van der Waals surface area contributed by atoms with Gasteiger partial charge in [0.25, 0.3) is 0 Å². The molecule has 0 bridgehead atoms. The van der Waals surface area contributed by atoms with E-state index in [1.165, 1.54) is 6.20 Å². The molecule has 0 saturated carbocycles. The van der Waals surface area contributed by atoms with Crippen LogP contribution in [0.1, 0.15) is 22.3 Å². The summed E-state index contributed by atoms with van der Waals surface area (Å²) >= 11 is 0. The molecule has 1 aromatic carbocycles. The Morgan fingerprint density at radius 3 is 2.80 bits per heavy atom. The molecule has 0 unspecified atom stereocenters. The minimum Gasteiger partial charge on any atom is -0.495 e. The number of carbonyl (C=O) groups excluding carboxylic acids is 1. The van der Waals surface area contributed by atoms with Crippen molar-refractivity contribution in [1.29, 1.82) is 0 Å². The van der Waals surface area contributed by atoms with Crippen molar-refractivity contribution in [3.63, 3.8) is 0 Å². The van der Waals surface area contributed by atoms with Crippen LogP contribution in [0.15, 0.2) is 42.7 Å². The van der Waals surface area contributed by atoms with Crippen LogP contribution in [-0.2, 0) is 0 Å². The van der Waals surface area contributed by atoms with Crippen molar-refractivity contribution in [2.75, 3.05) is 13.7 Å². The van der Waals surface area contributed by atoms with Gasteiger partial charge < -0.3 is 9.47 Å². The number of hydrogen-bond donors (Lipinski definition) is 0. The zero-order valence-electron chi connectivity index (χ0n) is 11.6. The molecule has 1 heterocycles. The van der Waals surface area contributed by atoms with Crippen LogP contribution in [0.25, 0.3) is 0 Å². The summed E-state index contributed by atoms with van der Waals surface area (Å²) < 4.78 is 10.6. The fraction of sp³-hybridized carbons (Fsp3) is 0.250. The molecule has 0 atom stereocenters. The number of hydrogen-bond acceptors (Lipinski definition) is 4. The summed E-state index contributed by atoms with van der Waals surface area (Å²) in [5.74, 6) is 1.35. The standard InChI is InChI=1S/C16H17NO3/c1-12-4-3-5-14(8-12)20-7-6-16(18)13-9-15(19-2)11-17-10-13/h3-5,8-11H,6-7H2,1-2H3. The van der Waals surface area contributed by atoms with Gasteiger partial charge in [-0.1, -0.05) is 12.1 Å². The van der Waals surface area contributed by atoms with Crippen molar-refractivity contribution in [3.05, 3.63) is 53.9 Å². The third kappa shape index (κ3) is 3.82. The lowest BCUT2D eigenvalue weighted by molar-refractivity contribution is 0.0961. The number of aryl methyl sites for hydroxylation is 1. The van der Waals surface area contributed by atoms with Crippen LogP contribution in [0, 0.1) is 6.92 Å². The van der Waals surface area contributed by atoms with E-state index >= 15 is 0 Å². The number of nitrogens with zero attached hydrogens (tertiary/aromatic N) is 1. The van der Waals surface area contributed by atoms with Gasteiger partial charge in [-0.15, -0.1) is 0 Å². The highest BCUT2D eigenvalue weighted by atomic mass is 16.5. The van der Waals surface area contributed by atoms with E-state index in [1.807, 2.05) is 31.2 Å². The van der Waals surface area contributed by atoms with Gasteiger partial charge in [0, 0.05) is 18.2 Å². The Hall–Kier alpha value is -2.36. The van der Waals surface area contributed by atoms with E-state index in [2.05, 4.69) is 4.98 Å². The summed E-state index contributed by atoms with van der Waals surface area (Å²) in [6.45, 7) is 2.35. The van der Waals surface area contributed by atoms with Gasteiger partial charge >= 0.3 is 0 Å². The topological polar surface area (TPSA) is 48.4 Å². The van der Waals surface area contributed by atoms with Crippen LogP contribution in [0.4, 0.5) is 0 Å². The lowest BCUT2D eigenvalue weighted by Crippen LogP contribution is -2.07. The van der Waals surface area contributed by atoms with Crippen LogP contribution in [0.5, 0.6) is 11.5 Å². The molecule has 4 heteroatoms. The lowest BCUT2D eigenvalue weighted by Gasteiger charge is -2.07. The van der Waals surface area contributed by atoms with Gasteiger partial charge in [-0.05, 0) is 30.7 Å². The molecule has 0 N–H and O–H groups in total. The molecule has 0 aliphatic carbocycles. The van der Waals surface area contributed by atoms with E-state index in [4.69, 9.17) is 9.47 Å². The zero-order chi connectivity index (χ0) is 14.4. The fourth-order valence-electron chi connectivity index (χ4n) is 1.79. The molecular formula is C16H17NO3. The first kappa shape index (κ1) is 14.1. The molecule has 104 valence electrons. The average molecular weight is 271 g/mol. The molecule has 4 nitrogen and oxygen atoms in total. The summed E-state index contributed by atoms with van der Waals surface area (Å²) in [7, 11) is 1.55. The number of rotatable bonds is 6. The normalized spacial score (nSPS) is 10.1. The highest BCUT2D eigenvalue weighted by Crippen LogP contribution is 2.14. The molecule has 0 spiro atoms. The van der Waals surface area contributed by atoms with Crippen molar-refractivity contribution in [2.24, 2.45) is 0 Å². The van der Waals surface area contributed by atoms with Crippen molar-refractivity contribution >= 4 is 5.78 Å². The number of pyridine rings is 1. The summed E-state index contributed by atoms with van der Waals surface area (Å²) in [6, 6.07) is 9.43. The number of Topliss-reactive ketones (excluding diaryl/α,β-unsaturated/α-hetero) is 1. The fourth-order valence-corrected chi connectivity index (χ4v) is 1.79. The van der Waals surface area contributed by atoms with Gasteiger partial charge in [-0.3, -0.25) is 9.78 Å². The summed E-state index contributed by atoms with van der Waals surface area (Å²) in [6.07, 6.45) is 3.42. The Morgan fingerprint density at radius 1 is 1.20 bits per heavy atom. The average Bonchev–Trinajstić information content (AvgIpc) is 2.47. The molecule has 0 aliphatic rings. The Bertz CT molecular complexity index is 596. The van der Waals surface area contributed by atoms with Gasteiger partial charge in [0.05, 0.1) is 19.9 Å². The third-order valence-electron chi connectivity index (χ3n) is 2.86. The predicted molar refractivity (Wildman–Crippen MR) is 76.4 cm³/mol. The van der Waals surface area contributed by atoms with Gasteiger partial charge in [0.1, 0.15) is 11.5 Å². The maximum Gasteiger partial charge on any atom is 0.167 e. The SMILES string of the molecule is COc1cncc(C(=O)CCOc2cccc(C)c2)c1. The van der Waals surface area contributed by atoms with Crippen molar-refractivity contribution in [2.45, 2.75) is 13.3 Å². The first-order chi connectivity index (χ1) is 9.69. The zero-order valence-corrected chi connectivity index (χ0v) is 11.6. The minimum atomic E-state index is -0.0101. The van der Waals surface area contributed by atoms with Gasteiger partial charge in [0.15, 0.2) is 5.78 Å². The van der Waals surface area contributed by atoms with Gasteiger partial charge in [0.2, 0.25) is 0 Å². The summed E-state index contributed by atoms with van der Waals surface area (Å²) in [4.78, 5) is 16.0. The number of aromatic nitrogens is 1. The summed E-state index contributed by atoms with van der Waals surface area (Å²) in [5.41, 5.74) is 1.67. The Balaban J connectivity index is 1.89. The largest absolute Gasteiger partial charge is 0.495 e. The smallest absolute Gasteiger partial charge is 0.167 e. The number of methoxy groups -OCH3 is 1. The van der Waals surface area contributed by atoms with E-state index in [9.17, 15) is 4.79 Å². The third-order valence-corrected chi connectivity index (χ3v) is 2.86. The number of benzene rings is 1. The number of ether oxygens (including phenoxy) is 2. The highest BCUT2D eigenvalue weighted by Gasteiger charge is 2.08.